The fourth-order valence-electron chi connectivity index (χ4n) is 1.97. The van der Waals surface area contributed by atoms with Crippen LogP contribution in [0.3, 0.4) is 0 Å². The predicted molar refractivity (Wildman–Crippen MR) is 76.4 cm³/mol. The Morgan fingerprint density at radius 1 is 0.947 bits per heavy atom. The molecule has 0 saturated heterocycles. The van der Waals surface area contributed by atoms with E-state index in [1.54, 1.807) is 30.3 Å². The Morgan fingerprint density at radius 2 is 1.63 bits per heavy atom. The van der Waals surface area contributed by atoms with Gasteiger partial charge < -0.3 is 4.74 Å². The number of para-hydroxylation sites is 1. The third-order valence-electron chi connectivity index (χ3n) is 2.89. The van der Waals surface area contributed by atoms with Crippen molar-refractivity contribution in [3.63, 3.8) is 0 Å². The van der Waals surface area contributed by atoms with Gasteiger partial charge in [0.2, 0.25) is 0 Å². The van der Waals surface area contributed by atoms with Crippen LogP contribution in [0.5, 0.6) is 5.75 Å². The van der Waals surface area contributed by atoms with Gasteiger partial charge in [0.05, 0.1) is 5.57 Å². The highest BCUT2D eigenvalue weighted by Crippen LogP contribution is 2.37. The highest BCUT2D eigenvalue weighted by Gasteiger charge is 2.26. The van der Waals surface area contributed by atoms with Gasteiger partial charge in [-0.3, -0.25) is 0 Å². The maximum atomic E-state index is 11.9. The summed E-state index contributed by atoms with van der Waals surface area (Å²) in [5.74, 6) is 0.166. The van der Waals surface area contributed by atoms with Gasteiger partial charge in [-0.15, -0.1) is 0 Å². The molecule has 0 aliphatic carbocycles. The lowest BCUT2D eigenvalue weighted by atomic mass is 10.0. The molecule has 1 heterocycles. The molecule has 0 fully saturated rings. The summed E-state index contributed by atoms with van der Waals surface area (Å²) in [5, 5.41) is 0.995. The molecule has 1 aliphatic heterocycles. The third kappa shape index (κ3) is 2.14. The van der Waals surface area contributed by atoms with Gasteiger partial charge >= 0.3 is 5.97 Å². The smallest absolute Gasteiger partial charge is 0.344 e. The summed E-state index contributed by atoms with van der Waals surface area (Å²) < 4.78 is 5.18. The van der Waals surface area contributed by atoms with Gasteiger partial charge in [-0.2, -0.15) is 0 Å². The fraction of sp³-hybridized carbons (Fsp3) is 0. The molecule has 94 valence electrons. The Hall–Kier alpha value is -1.77. The number of hydrogen-bond donors (Lipinski definition) is 0. The SMILES string of the molecule is O=C1Oc2ccccc2/C1=C\c1c(Cl)cccc1Cl. The normalized spacial score (nSPS) is 15.5. The fourth-order valence-corrected chi connectivity index (χ4v) is 2.48. The molecule has 0 bridgehead atoms. The van der Waals surface area contributed by atoms with E-state index in [4.69, 9.17) is 27.9 Å². The number of esters is 1. The van der Waals surface area contributed by atoms with E-state index in [9.17, 15) is 4.79 Å². The molecule has 0 unspecified atom stereocenters. The number of hydrogen-bond acceptors (Lipinski definition) is 2. The topological polar surface area (TPSA) is 26.3 Å². The number of halogens is 2. The molecule has 0 aromatic heterocycles. The molecule has 2 aromatic rings. The highest BCUT2D eigenvalue weighted by atomic mass is 35.5. The summed E-state index contributed by atoms with van der Waals surface area (Å²) in [7, 11) is 0. The molecule has 0 saturated carbocycles. The molecule has 2 aromatic carbocycles. The first-order valence-corrected chi connectivity index (χ1v) is 6.39. The van der Waals surface area contributed by atoms with Gasteiger partial charge in [-0.05, 0) is 24.3 Å². The van der Waals surface area contributed by atoms with Crippen molar-refractivity contribution in [1.82, 2.24) is 0 Å². The molecule has 0 amide bonds. The van der Waals surface area contributed by atoms with Crippen molar-refractivity contribution in [3.8, 4) is 5.75 Å². The Bertz CT molecular complexity index is 685. The second kappa shape index (κ2) is 4.72. The number of carbonyl (C=O) groups is 1. The molecular weight excluding hydrogens is 283 g/mol. The van der Waals surface area contributed by atoms with Crippen LogP contribution in [0.1, 0.15) is 11.1 Å². The number of benzene rings is 2. The number of carbonyl (C=O) groups excluding carboxylic acids is 1. The van der Waals surface area contributed by atoms with Crippen molar-refractivity contribution in [2.75, 3.05) is 0 Å². The summed E-state index contributed by atoms with van der Waals surface area (Å²) in [4.78, 5) is 11.9. The van der Waals surface area contributed by atoms with Crippen LogP contribution in [-0.2, 0) is 4.79 Å². The zero-order valence-electron chi connectivity index (χ0n) is 9.69. The lowest BCUT2D eigenvalue weighted by molar-refractivity contribution is -0.126. The number of fused-ring (bicyclic) bond motifs is 1. The molecule has 0 spiro atoms. The van der Waals surface area contributed by atoms with Gasteiger partial charge in [0.15, 0.2) is 0 Å². The Balaban J connectivity index is 2.17. The monoisotopic (exact) mass is 290 g/mol. The Morgan fingerprint density at radius 3 is 2.37 bits per heavy atom. The molecule has 19 heavy (non-hydrogen) atoms. The van der Waals surface area contributed by atoms with Gasteiger partial charge in [0.25, 0.3) is 0 Å². The van der Waals surface area contributed by atoms with Crippen LogP contribution in [0.2, 0.25) is 10.0 Å². The molecule has 0 N–H and O–H groups in total. The lowest BCUT2D eigenvalue weighted by Gasteiger charge is -2.02. The van der Waals surface area contributed by atoms with Crippen LogP contribution in [0.4, 0.5) is 0 Å². The summed E-state index contributed by atoms with van der Waals surface area (Å²) in [5.41, 5.74) is 1.84. The van der Waals surface area contributed by atoms with Gasteiger partial charge in [0, 0.05) is 21.2 Å². The first-order valence-electron chi connectivity index (χ1n) is 5.64. The van der Waals surface area contributed by atoms with Gasteiger partial charge in [-0.25, -0.2) is 4.79 Å². The Labute approximate surface area is 120 Å². The zero-order valence-corrected chi connectivity index (χ0v) is 11.2. The van der Waals surface area contributed by atoms with Crippen molar-refractivity contribution in [1.29, 1.82) is 0 Å². The second-order valence-electron chi connectivity index (χ2n) is 4.08. The Kier molecular flexibility index (Phi) is 3.05. The van der Waals surface area contributed by atoms with E-state index in [0.29, 0.717) is 26.9 Å². The van der Waals surface area contributed by atoms with E-state index in [2.05, 4.69) is 0 Å². The largest absolute Gasteiger partial charge is 0.422 e. The average molecular weight is 291 g/mol. The third-order valence-corrected chi connectivity index (χ3v) is 3.55. The van der Waals surface area contributed by atoms with Crippen molar-refractivity contribution >= 4 is 40.8 Å². The van der Waals surface area contributed by atoms with E-state index in [0.717, 1.165) is 5.56 Å². The summed E-state index contributed by atoms with van der Waals surface area (Å²) in [6.45, 7) is 0. The van der Waals surface area contributed by atoms with Crippen molar-refractivity contribution in [2.45, 2.75) is 0 Å². The molecule has 1 aliphatic rings. The van der Waals surface area contributed by atoms with Crippen LogP contribution in [0, 0.1) is 0 Å². The highest BCUT2D eigenvalue weighted by molar-refractivity contribution is 6.38. The van der Waals surface area contributed by atoms with E-state index >= 15 is 0 Å². The van der Waals surface area contributed by atoms with Crippen molar-refractivity contribution < 1.29 is 9.53 Å². The minimum Gasteiger partial charge on any atom is -0.422 e. The quantitative estimate of drug-likeness (QED) is 0.440. The maximum Gasteiger partial charge on any atom is 0.344 e. The summed E-state index contributed by atoms with van der Waals surface area (Å²) in [6.07, 6.45) is 1.67. The molecule has 3 rings (SSSR count). The summed E-state index contributed by atoms with van der Waals surface area (Å²) in [6, 6.07) is 12.5. The molecular formula is C15H8Cl2O2. The van der Waals surface area contributed by atoms with Crippen LogP contribution >= 0.6 is 23.2 Å². The van der Waals surface area contributed by atoms with E-state index < -0.39 is 5.97 Å². The molecule has 0 radical (unpaired) electrons. The summed E-state index contributed by atoms with van der Waals surface area (Å²) >= 11 is 12.2. The minimum atomic E-state index is -0.391. The standard InChI is InChI=1S/C15H8Cl2O2/c16-12-5-3-6-13(17)11(12)8-10-9-4-1-2-7-14(9)19-15(10)18/h1-8H/b10-8+. The van der Waals surface area contributed by atoms with Crippen LogP contribution in [0.25, 0.3) is 11.6 Å². The first kappa shape index (κ1) is 12.3. The van der Waals surface area contributed by atoms with Crippen LogP contribution in [-0.4, -0.2) is 5.97 Å². The maximum absolute atomic E-state index is 11.9. The predicted octanol–water partition coefficient (Wildman–Crippen LogP) is 4.45. The molecule has 4 heteroatoms. The van der Waals surface area contributed by atoms with E-state index in [-0.39, 0.29) is 0 Å². The average Bonchev–Trinajstić information content (AvgIpc) is 2.70. The van der Waals surface area contributed by atoms with Gasteiger partial charge in [0.1, 0.15) is 5.75 Å². The lowest BCUT2D eigenvalue weighted by Crippen LogP contribution is -2.00. The molecule has 0 atom stereocenters. The van der Waals surface area contributed by atoms with E-state index in [1.165, 1.54) is 0 Å². The zero-order chi connectivity index (χ0) is 13.4. The first-order chi connectivity index (χ1) is 9.16. The van der Waals surface area contributed by atoms with Gasteiger partial charge in [-0.1, -0.05) is 47.5 Å². The van der Waals surface area contributed by atoms with Crippen LogP contribution in [0.15, 0.2) is 42.5 Å². The number of rotatable bonds is 1. The van der Waals surface area contributed by atoms with Crippen LogP contribution < -0.4 is 4.74 Å². The van der Waals surface area contributed by atoms with Crippen molar-refractivity contribution in [2.24, 2.45) is 0 Å². The second-order valence-corrected chi connectivity index (χ2v) is 4.89. The van der Waals surface area contributed by atoms with Crippen molar-refractivity contribution in [3.05, 3.63) is 63.6 Å². The number of ether oxygens (including phenoxy) is 1. The molecule has 2 nitrogen and oxygen atoms in total. The van der Waals surface area contributed by atoms with E-state index in [1.807, 2.05) is 18.2 Å². The minimum absolute atomic E-state index is 0.391.